The van der Waals surface area contributed by atoms with Gasteiger partial charge in [-0.3, -0.25) is 9.29 Å². The van der Waals surface area contributed by atoms with Crippen molar-refractivity contribution in [1.29, 1.82) is 0 Å². The van der Waals surface area contributed by atoms with Gasteiger partial charge >= 0.3 is 0 Å². The Labute approximate surface area is 171 Å². The molecule has 0 saturated carbocycles. The number of anilines is 1. The van der Waals surface area contributed by atoms with Crippen LogP contribution in [0, 0.1) is 0 Å². The van der Waals surface area contributed by atoms with Gasteiger partial charge in [-0.05, 0) is 19.1 Å². The summed E-state index contributed by atoms with van der Waals surface area (Å²) in [5.41, 5.74) is 1.77. The molecule has 3 aromatic rings. The van der Waals surface area contributed by atoms with Gasteiger partial charge in [-0.1, -0.05) is 5.16 Å². The van der Waals surface area contributed by atoms with Gasteiger partial charge in [-0.2, -0.15) is 0 Å². The Balaban J connectivity index is 1.77. The van der Waals surface area contributed by atoms with Gasteiger partial charge in [-0.25, -0.2) is 18.4 Å². The molecule has 0 amide bonds. The van der Waals surface area contributed by atoms with Crippen LogP contribution in [0.2, 0.25) is 0 Å². The first-order chi connectivity index (χ1) is 14.0. The van der Waals surface area contributed by atoms with Gasteiger partial charge < -0.3 is 4.84 Å². The number of aromatic nitrogens is 5. The van der Waals surface area contributed by atoms with Crippen molar-refractivity contribution in [2.75, 3.05) is 23.7 Å². The molecular formula is C17H17N7O3S2. The molecule has 0 bridgehead atoms. The molecule has 4 heterocycles. The van der Waals surface area contributed by atoms with Crippen LogP contribution in [0.4, 0.5) is 5.82 Å². The first-order valence-corrected chi connectivity index (χ1v) is 11.4. The summed E-state index contributed by atoms with van der Waals surface area (Å²) in [5, 5.41) is 13.2. The lowest BCUT2D eigenvalue weighted by Crippen LogP contribution is -2.38. The Morgan fingerprint density at radius 3 is 2.90 bits per heavy atom. The lowest BCUT2D eigenvalue weighted by Gasteiger charge is -2.27. The molecule has 0 fully saturated rings. The second kappa shape index (κ2) is 7.79. The van der Waals surface area contributed by atoms with Crippen LogP contribution in [-0.2, 0) is 14.9 Å². The molecule has 0 aromatic carbocycles. The number of hydrogen-bond acceptors (Lipinski definition) is 10. The molecule has 150 valence electrons. The third-order valence-corrected chi connectivity index (χ3v) is 6.27. The average Bonchev–Trinajstić information content (AvgIpc) is 3.21. The minimum Gasteiger partial charge on any atom is -0.396 e. The van der Waals surface area contributed by atoms with E-state index in [2.05, 4.69) is 30.3 Å². The summed E-state index contributed by atoms with van der Waals surface area (Å²) in [6, 6.07) is 3.75. The highest BCUT2D eigenvalue weighted by molar-refractivity contribution is 7.92. The first kappa shape index (κ1) is 19.3. The van der Waals surface area contributed by atoms with Crippen molar-refractivity contribution in [2.24, 2.45) is 5.16 Å². The van der Waals surface area contributed by atoms with E-state index in [1.807, 2.05) is 19.1 Å². The Morgan fingerprint density at radius 1 is 1.31 bits per heavy atom. The molecule has 0 unspecified atom stereocenters. The highest BCUT2D eigenvalue weighted by atomic mass is 32.2. The van der Waals surface area contributed by atoms with Crippen molar-refractivity contribution in [3.63, 3.8) is 0 Å². The number of nitrogens with zero attached hydrogens (tertiary/aromatic N) is 7. The fourth-order valence-corrected chi connectivity index (χ4v) is 4.47. The standard InChI is InChI=1S/C17H17N7O3S2/c1-3-27-23-12-6-8-24(29(2,25)26)16-14(12)20-15(21-22-16)13-10-19-17(28-13)11-5-4-7-18-9-11/h4-5,7,9-10H,3,6,8H2,1-2H3. The van der Waals surface area contributed by atoms with Crippen molar-refractivity contribution in [3.05, 3.63) is 36.4 Å². The second-order valence-corrected chi connectivity index (χ2v) is 9.06. The molecule has 0 radical (unpaired) electrons. The second-order valence-electron chi connectivity index (χ2n) is 6.12. The van der Waals surface area contributed by atoms with Crippen LogP contribution in [0.1, 0.15) is 19.0 Å². The summed E-state index contributed by atoms with van der Waals surface area (Å²) in [4.78, 5) is 18.9. The molecule has 29 heavy (non-hydrogen) atoms. The monoisotopic (exact) mass is 431 g/mol. The summed E-state index contributed by atoms with van der Waals surface area (Å²) < 4.78 is 25.4. The Hall–Kier alpha value is -2.99. The highest BCUT2D eigenvalue weighted by Gasteiger charge is 2.32. The number of pyridine rings is 1. The first-order valence-electron chi connectivity index (χ1n) is 8.75. The van der Waals surface area contributed by atoms with Gasteiger partial charge in [0.05, 0.1) is 11.1 Å². The van der Waals surface area contributed by atoms with Gasteiger partial charge in [0.15, 0.2) is 11.6 Å². The number of rotatable bonds is 5. The van der Waals surface area contributed by atoms with Crippen LogP contribution in [0.3, 0.4) is 0 Å². The topological polar surface area (TPSA) is 123 Å². The predicted octanol–water partition coefficient (Wildman–Crippen LogP) is 1.97. The maximum absolute atomic E-state index is 12.1. The SMILES string of the molecule is CCON=C1CCN(S(C)(=O)=O)c2nnc(-c3cnc(-c4cccnc4)s3)nc21. The van der Waals surface area contributed by atoms with Crippen LogP contribution in [0.15, 0.2) is 35.9 Å². The molecule has 12 heteroatoms. The third-order valence-electron chi connectivity index (χ3n) is 4.07. The van der Waals surface area contributed by atoms with Gasteiger partial charge in [0.1, 0.15) is 23.0 Å². The largest absolute Gasteiger partial charge is 0.396 e. The molecule has 1 aliphatic rings. The third kappa shape index (κ3) is 3.93. The number of hydrogen-bond donors (Lipinski definition) is 0. The summed E-state index contributed by atoms with van der Waals surface area (Å²) in [6.07, 6.45) is 6.57. The average molecular weight is 432 g/mol. The molecule has 10 nitrogen and oxygen atoms in total. The smallest absolute Gasteiger partial charge is 0.233 e. The van der Waals surface area contributed by atoms with E-state index in [9.17, 15) is 8.42 Å². The number of fused-ring (bicyclic) bond motifs is 1. The molecule has 4 rings (SSSR count). The van der Waals surface area contributed by atoms with Gasteiger partial charge in [0, 0.05) is 37.1 Å². The zero-order valence-corrected chi connectivity index (χ0v) is 17.3. The van der Waals surface area contributed by atoms with E-state index in [-0.39, 0.29) is 12.4 Å². The summed E-state index contributed by atoms with van der Waals surface area (Å²) in [7, 11) is -3.51. The van der Waals surface area contributed by atoms with Crippen LogP contribution in [-0.4, -0.2) is 58.7 Å². The molecular weight excluding hydrogens is 414 g/mol. The van der Waals surface area contributed by atoms with Crippen LogP contribution >= 0.6 is 11.3 Å². The molecule has 0 N–H and O–H groups in total. The Kier molecular flexibility index (Phi) is 5.20. The molecule has 1 aliphatic heterocycles. The fraction of sp³-hybridized carbons (Fsp3) is 0.294. The zero-order chi connectivity index (χ0) is 20.4. The lowest BCUT2D eigenvalue weighted by atomic mass is 10.1. The van der Waals surface area contributed by atoms with Crippen LogP contribution in [0.5, 0.6) is 0 Å². The van der Waals surface area contributed by atoms with E-state index in [0.717, 1.165) is 16.8 Å². The maximum Gasteiger partial charge on any atom is 0.233 e. The minimum atomic E-state index is -3.51. The van der Waals surface area contributed by atoms with Crippen molar-refractivity contribution in [2.45, 2.75) is 13.3 Å². The van der Waals surface area contributed by atoms with Crippen molar-refractivity contribution >= 4 is 32.9 Å². The Morgan fingerprint density at radius 2 is 2.17 bits per heavy atom. The van der Waals surface area contributed by atoms with Crippen LogP contribution in [0.25, 0.3) is 21.3 Å². The van der Waals surface area contributed by atoms with Crippen molar-refractivity contribution in [3.8, 4) is 21.3 Å². The van der Waals surface area contributed by atoms with Gasteiger partial charge in [0.2, 0.25) is 10.0 Å². The van der Waals surface area contributed by atoms with Gasteiger partial charge in [-0.15, -0.1) is 21.5 Å². The number of sulfonamides is 1. The van der Waals surface area contributed by atoms with E-state index in [4.69, 9.17) is 4.84 Å². The lowest BCUT2D eigenvalue weighted by molar-refractivity contribution is 0.158. The molecule has 0 atom stereocenters. The zero-order valence-electron chi connectivity index (χ0n) is 15.7. The number of thiazole rings is 1. The molecule has 0 aliphatic carbocycles. The van der Waals surface area contributed by atoms with E-state index >= 15 is 0 Å². The Bertz CT molecular complexity index is 1160. The fourth-order valence-electron chi connectivity index (χ4n) is 2.77. The normalized spacial score (nSPS) is 15.4. The summed E-state index contributed by atoms with van der Waals surface area (Å²) in [6.45, 7) is 2.42. The number of oxime groups is 1. The quantitative estimate of drug-likeness (QED) is 0.562. The summed E-state index contributed by atoms with van der Waals surface area (Å²) in [5.74, 6) is 0.494. The molecule has 0 saturated heterocycles. The molecule has 0 spiro atoms. The minimum absolute atomic E-state index is 0.151. The van der Waals surface area contributed by atoms with E-state index in [1.54, 1.807) is 18.6 Å². The van der Waals surface area contributed by atoms with E-state index in [0.29, 0.717) is 35.1 Å². The van der Waals surface area contributed by atoms with E-state index in [1.165, 1.54) is 15.6 Å². The highest BCUT2D eigenvalue weighted by Crippen LogP contribution is 2.32. The van der Waals surface area contributed by atoms with Crippen molar-refractivity contribution in [1.82, 2.24) is 25.1 Å². The summed E-state index contributed by atoms with van der Waals surface area (Å²) >= 11 is 1.40. The predicted molar refractivity (Wildman–Crippen MR) is 109 cm³/mol. The van der Waals surface area contributed by atoms with Gasteiger partial charge in [0.25, 0.3) is 0 Å². The van der Waals surface area contributed by atoms with E-state index < -0.39 is 10.0 Å². The van der Waals surface area contributed by atoms with Crippen molar-refractivity contribution < 1.29 is 13.3 Å². The maximum atomic E-state index is 12.1. The van der Waals surface area contributed by atoms with Crippen LogP contribution < -0.4 is 4.31 Å². The molecule has 3 aromatic heterocycles.